The van der Waals surface area contributed by atoms with Gasteiger partial charge >= 0.3 is 0 Å². The van der Waals surface area contributed by atoms with Crippen molar-refractivity contribution in [1.82, 2.24) is 0 Å². The summed E-state index contributed by atoms with van der Waals surface area (Å²) in [5, 5.41) is 17.1. The summed E-state index contributed by atoms with van der Waals surface area (Å²) in [4.78, 5) is 0. The summed E-state index contributed by atoms with van der Waals surface area (Å²) in [7, 11) is 0. The number of fused-ring (bicyclic) bond motifs is 3. The van der Waals surface area contributed by atoms with Gasteiger partial charge in [-0.2, -0.15) is 0 Å². The third-order valence-corrected chi connectivity index (χ3v) is 4.24. The minimum Gasteiger partial charge on any atom is -0.384 e. The van der Waals surface area contributed by atoms with Gasteiger partial charge in [0.25, 0.3) is 0 Å². The van der Waals surface area contributed by atoms with Gasteiger partial charge in [0.1, 0.15) is 11.7 Å². The first-order valence-corrected chi connectivity index (χ1v) is 6.53. The molecule has 0 spiro atoms. The van der Waals surface area contributed by atoms with Crippen molar-refractivity contribution in [2.45, 2.75) is 0 Å². The van der Waals surface area contributed by atoms with Gasteiger partial charge in [-0.15, -0.1) is 36.2 Å². The molecule has 6 N–H and O–H groups in total. The summed E-state index contributed by atoms with van der Waals surface area (Å²) in [6, 6.07) is 11.5. The van der Waals surface area contributed by atoms with E-state index in [1.54, 1.807) is 11.3 Å². The van der Waals surface area contributed by atoms with Crippen LogP contribution in [0, 0.1) is 10.8 Å². The van der Waals surface area contributed by atoms with Crippen molar-refractivity contribution in [2.24, 2.45) is 11.5 Å². The maximum absolute atomic E-state index is 7.51. The first kappa shape index (κ1) is 17.2. The number of nitrogens with one attached hydrogen (secondary N) is 2. The van der Waals surface area contributed by atoms with E-state index in [0.29, 0.717) is 11.1 Å². The van der Waals surface area contributed by atoms with Crippen molar-refractivity contribution in [3.05, 3.63) is 47.5 Å². The van der Waals surface area contributed by atoms with Gasteiger partial charge in [-0.1, -0.05) is 0 Å². The van der Waals surface area contributed by atoms with E-state index in [2.05, 4.69) is 0 Å². The van der Waals surface area contributed by atoms with Crippen LogP contribution >= 0.6 is 36.2 Å². The molecule has 0 atom stereocenters. The predicted molar refractivity (Wildman–Crippen MR) is 95.9 cm³/mol. The smallest absolute Gasteiger partial charge is 0.122 e. The van der Waals surface area contributed by atoms with E-state index in [4.69, 9.17) is 22.3 Å². The largest absolute Gasteiger partial charge is 0.384 e. The standard InChI is InChI=1S/C14H12N4S.2ClH/c15-13(16)7-1-3-11-9(5-7)10-6-8(14(17)18)2-4-12(10)19-11;;/h1-6H,(H3,15,16)(H3,17,18);2*1H. The quantitative estimate of drug-likeness (QED) is 0.424. The lowest BCUT2D eigenvalue weighted by Gasteiger charge is -2.00. The van der Waals surface area contributed by atoms with Crippen LogP contribution in [0.15, 0.2) is 36.4 Å². The lowest BCUT2D eigenvalue weighted by Crippen LogP contribution is -2.10. The Morgan fingerprint density at radius 1 is 0.762 bits per heavy atom. The van der Waals surface area contributed by atoms with E-state index in [1.165, 1.54) is 0 Å². The molecule has 0 amide bonds. The molecule has 0 aliphatic heterocycles. The fraction of sp³-hybridized carbons (Fsp3) is 0. The third-order valence-electron chi connectivity index (χ3n) is 3.09. The Morgan fingerprint density at radius 3 is 1.48 bits per heavy atom. The molecular weight excluding hydrogens is 327 g/mol. The average Bonchev–Trinajstić information content (AvgIpc) is 2.75. The number of rotatable bonds is 2. The van der Waals surface area contributed by atoms with Gasteiger partial charge in [0, 0.05) is 31.3 Å². The molecule has 0 unspecified atom stereocenters. The molecule has 1 heterocycles. The van der Waals surface area contributed by atoms with Crippen molar-refractivity contribution in [3.63, 3.8) is 0 Å². The van der Waals surface area contributed by atoms with E-state index >= 15 is 0 Å². The molecule has 3 aromatic rings. The second-order valence-electron chi connectivity index (χ2n) is 4.35. The van der Waals surface area contributed by atoms with Gasteiger partial charge in [-0.3, -0.25) is 10.8 Å². The van der Waals surface area contributed by atoms with Crippen LogP contribution in [0.4, 0.5) is 0 Å². The van der Waals surface area contributed by atoms with Crippen LogP contribution in [0.5, 0.6) is 0 Å². The second-order valence-corrected chi connectivity index (χ2v) is 5.44. The number of hydrogen-bond donors (Lipinski definition) is 4. The highest BCUT2D eigenvalue weighted by Crippen LogP contribution is 2.34. The third kappa shape index (κ3) is 2.95. The first-order chi connectivity index (χ1) is 9.06. The van der Waals surface area contributed by atoms with Crippen LogP contribution < -0.4 is 11.5 Å². The molecule has 3 rings (SSSR count). The molecule has 0 fully saturated rings. The summed E-state index contributed by atoms with van der Waals surface area (Å²) >= 11 is 1.68. The molecule has 21 heavy (non-hydrogen) atoms. The minimum absolute atomic E-state index is 0. The second kappa shape index (κ2) is 6.30. The molecule has 0 aliphatic rings. The molecule has 4 nitrogen and oxygen atoms in total. The summed E-state index contributed by atoms with van der Waals surface area (Å²) in [6.45, 7) is 0. The Balaban J connectivity index is 0.00000110. The van der Waals surface area contributed by atoms with Crippen LogP contribution in [0.25, 0.3) is 20.2 Å². The summed E-state index contributed by atoms with van der Waals surface area (Å²) in [5.74, 6) is 0.118. The highest BCUT2D eigenvalue weighted by atomic mass is 35.5. The predicted octanol–water partition coefficient (Wildman–Crippen LogP) is 3.47. The molecule has 110 valence electrons. The van der Waals surface area contributed by atoms with Crippen molar-refractivity contribution in [1.29, 1.82) is 10.8 Å². The highest BCUT2D eigenvalue weighted by molar-refractivity contribution is 7.25. The topological polar surface area (TPSA) is 99.7 Å². The van der Waals surface area contributed by atoms with Gasteiger partial charge in [0.2, 0.25) is 0 Å². The van der Waals surface area contributed by atoms with Gasteiger partial charge in [-0.25, -0.2) is 0 Å². The molecule has 1 aromatic heterocycles. The zero-order chi connectivity index (χ0) is 13.6. The number of nitrogen functional groups attached to an aromatic ring is 2. The number of amidine groups is 2. The Bertz CT molecular complexity index is 773. The zero-order valence-corrected chi connectivity index (χ0v) is 13.3. The maximum Gasteiger partial charge on any atom is 0.122 e. The Kier molecular flexibility index (Phi) is 5.17. The normalized spacial score (nSPS) is 9.90. The number of halogens is 2. The number of benzene rings is 2. The summed E-state index contributed by atoms with van der Waals surface area (Å²) in [5.41, 5.74) is 12.5. The van der Waals surface area contributed by atoms with Crippen LogP contribution in [-0.4, -0.2) is 11.7 Å². The molecule has 7 heteroatoms. The summed E-state index contributed by atoms with van der Waals surface area (Å²) in [6.07, 6.45) is 0. The van der Waals surface area contributed by atoms with E-state index in [-0.39, 0.29) is 36.5 Å². The molecule has 0 saturated heterocycles. The van der Waals surface area contributed by atoms with Crippen molar-refractivity contribution in [2.75, 3.05) is 0 Å². The van der Waals surface area contributed by atoms with Crippen LogP contribution in [0.3, 0.4) is 0 Å². The minimum atomic E-state index is 0. The molecule has 2 aromatic carbocycles. The van der Waals surface area contributed by atoms with Crippen molar-refractivity contribution in [3.8, 4) is 0 Å². The number of nitrogens with two attached hydrogens (primary N) is 2. The Labute approximate surface area is 138 Å². The molecule has 0 radical (unpaired) electrons. The molecule has 0 aliphatic carbocycles. The monoisotopic (exact) mass is 340 g/mol. The number of hydrogen-bond acceptors (Lipinski definition) is 3. The first-order valence-electron chi connectivity index (χ1n) is 5.71. The molecule has 0 bridgehead atoms. The van der Waals surface area contributed by atoms with Gasteiger partial charge in [0.05, 0.1) is 0 Å². The fourth-order valence-electron chi connectivity index (χ4n) is 2.11. The number of thiophene rings is 1. The Hall–Kier alpha value is -1.82. The average molecular weight is 341 g/mol. The van der Waals surface area contributed by atoms with Crippen molar-refractivity contribution < 1.29 is 0 Å². The van der Waals surface area contributed by atoms with E-state index in [0.717, 1.165) is 20.2 Å². The highest BCUT2D eigenvalue weighted by Gasteiger charge is 2.08. The summed E-state index contributed by atoms with van der Waals surface area (Å²) < 4.78 is 2.28. The fourth-order valence-corrected chi connectivity index (χ4v) is 3.18. The van der Waals surface area contributed by atoms with Gasteiger partial charge < -0.3 is 11.5 Å². The van der Waals surface area contributed by atoms with Crippen LogP contribution in [0.1, 0.15) is 11.1 Å². The Morgan fingerprint density at radius 2 is 1.14 bits per heavy atom. The maximum atomic E-state index is 7.51. The molecular formula is C14H14Cl2N4S. The van der Waals surface area contributed by atoms with E-state index in [9.17, 15) is 0 Å². The lowest BCUT2D eigenvalue weighted by atomic mass is 10.1. The van der Waals surface area contributed by atoms with Crippen LogP contribution in [0.2, 0.25) is 0 Å². The van der Waals surface area contributed by atoms with Crippen molar-refractivity contribution >= 4 is 68.0 Å². The van der Waals surface area contributed by atoms with E-state index in [1.807, 2.05) is 36.4 Å². The zero-order valence-electron chi connectivity index (χ0n) is 10.8. The van der Waals surface area contributed by atoms with Crippen LogP contribution in [-0.2, 0) is 0 Å². The SMILES string of the molecule is Cl.Cl.N=C(N)c1ccc2sc3ccc(C(=N)N)cc3c2c1. The lowest BCUT2D eigenvalue weighted by molar-refractivity contribution is 1.43. The molecule has 0 saturated carbocycles. The van der Waals surface area contributed by atoms with Gasteiger partial charge in [-0.05, 0) is 36.4 Å². The van der Waals surface area contributed by atoms with Gasteiger partial charge in [0.15, 0.2) is 0 Å². The van der Waals surface area contributed by atoms with E-state index < -0.39 is 0 Å².